The zero-order valence-electron chi connectivity index (χ0n) is 10.6. The first-order chi connectivity index (χ1) is 9.08. The number of benzene rings is 1. The number of nitrogens with zero attached hydrogens (tertiary/aromatic N) is 1. The molecule has 0 amide bonds. The molecule has 2 rings (SSSR count). The fourth-order valence-electron chi connectivity index (χ4n) is 2.18. The molecular formula is C13H18F2N2OS. The SMILES string of the molecule is NC(CCN1CCS(=O)CC1)c1cccc(F)c1F. The molecule has 3 nitrogen and oxygen atoms in total. The molecule has 0 aromatic heterocycles. The van der Waals surface area contributed by atoms with Gasteiger partial charge in [-0.2, -0.15) is 0 Å². The zero-order valence-corrected chi connectivity index (χ0v) is 11.5. The van der Waals surface area contributed by atoms with Gasteiger partial charge in [0.05, 0.1) is 0 Å². The third kappa shape index (κ3) is 3.81. The van der Waals surface area contributed by atoms with Crippen molar-refractivity contribution in [2.45, 2.75) is 12.5 Å². The molecule has 0 saturated carbocycles. The van der Waals surface area contributed by atoms with E-state index in [1.54, 1.807) is 0 Å². The van der Waals surface area contributed by atoms with Crippen molar-refractivity contribution in [3.05, 3.63) is 35.4 Å². The Kier molecular flexibility index (Phi) is 5.01. The Morgan fingerprint density at radius 2 is 2.00 bits per heavy atom. The van der Waals surface area contributed by atoms with Gasteiger partial charge in [0.2, 0.25) is 0 Å². The summed E-state index contributed by atoms with van der Waals surface area (Å²) in [6, 6.07) is 3.57. The van der Waals surface area contributed by atoms with Crippen molar-refractivity contribution in [1.29, 1.82) is 0 Å². The van der Waals surface area contributed by atoms with Gasteiger partial charge in [0, 0.05) is 53.5 Å². The Morgan fingerprint density at radius 3 is 2.68 bits per heavy atom. The van der Waals surface area contributed by atoms with Gasteiger partial charge in [-0.05, 0) is 12.5 Å². The molecule has 1 heterocycles. The van der Waals surface area contributed by atoms with Crippen LogP contribution in [0.3, 0.4) is 0 Å². The van der Waals surface area contributed by atoms with Crippen LogP contribution < -0.4 is 5.73 Å². The molecule has 0 spiro atoms. The van der Waals surface area contributed by atoms with Crippen LogP contribution in [0.2, 0.25) is 0 Å². The highest BCUT2D eigenvalue weighted by Gasteiger charge is 2.18. The van der Waals surface area contributed by atoms with E-state index in [4.69, 9.17) is 5.73 Å². The van der Waals surface area contributed by atoms with Crippen molar-refractivity contribution in [3.8, 4) is 0 Å². The molecule has 1 saturated heterocycles. The second-order valence-corrected chi connectivity index (χ2v) is 6.42. The molecule has 0 radical (unpaired) electrons. The quantitative estimate of drug-likeness (QED) is 0.911. The summed E-state index contributed by atoms with van der Waals surface area (Å²) in [5, 5.41) is 0. The summed E-state index contributed by atoms with van der Waals surface area (Å²) in [5.74, 6) is -0.344. The lowest BCUT2D eigenvalue weighted by Gasteiger charge is -2.27. The van der Waals surface area contributed by atoms with Crippen LogP contribution in [0.15, 0.2) is 18.2 Å². The minimum Gasteiger partial charge on any atom is -0.324 e. The van der Waals surface area contributed by atoms with Gasteiger partial charge >= 0.3 is 0 Å². The van der Waals surface area contributed by atoms with E-state index in [0.29, 0.717) is 24.5 Å². The Bertz CT molecular complexity index is 460. The highest BCUT2D eigenvalue weighted by atomic mass is 32.2. The first-order valence-electron chi connectivity index (χ1n) is 6.34. The molecule has 1 aliphatic heterocycles. The first-order valence-corrected chi connectivity index (χ1v) is 7.83. The van der Waals surface area contributed by atoms with Crippen molar-refractivity contribution < 1.29 is 13.0 Å². The molecular weight excluding hydrogens is 270 g/mol. The van der Waals surface area contributed by atoms with Gasteiger partial charge in [0.15, 0.2) is 11.6 Å². The Balaban J connectivity index is 1.89. The van der Waals surface area contributed by atoms with E-state index in [-0.39, 0.29) is 5.56 Å². The van der Waals surface area contributed by atoms with Gasteiger partial charge < -0.3 is 10.6 Å². The molecule has 0 aliphatic carbocycles. The number of nitrogens with two attached hydrogens (primary N) is 1. The summed E-state index contributed by atoms with van der Waals surface area (Å²) in [5.41, 5.74) is 6.14. The molecule has 6 heteroatoms. The third-order valence-electron chi connectivity index (χ3n) is 3.41. The van der Waals surface area contributed by atoms with E-state index in [1.807, 2.05) is 0 Å². The van der Waals surface area contributed by atoms with Crippen molar-refractivity contribution in [3.63, 3.8) is 0 Å². The van der Waals surface area contributed by atoms with Crippen molar-refractivity contribution in [1.82, 2.24) is 4.90 Å². The molecule has 2 N–H and O–H groups in total. The highest BCUT2D eigenvalue weighted by molar-refractivity contribution is 7.85. The van der Waals surface area contributed by atoms with E-state index in [0.717, 1.165) is 19.2 Å². The maximum atomic E-state index is 13.6. The monoisotopic (exact) mass is 288 g/mol. The van der Waals surface area contributed by atoms with Gasteiger partial charge in [-0.3, -0.25) is 4.21 Å². The van der Waals surface area contributed by atoms with E-state index in [9.17, 15) is 13.0 Å². The summed E-state index contributed by atoms with van der Waals surface area (Å²) in [6.07, 6.45) is 0.563. The summed E-state index contributed by atoms with van der Waals surface area (Å²) in [6.45, 7) is 2.28. The van der Waals surface area contributed by atoms with Crippen LogP contribution >= 0.6 is 0 Å². The predicted molar refractivity (Wildman–Crippen MR) is 72.2 cm³/mol. The van der Waals surface area contributed by atoms with Gasteiger partial charge in [0.25, 0.3) is 0 Å². The maximum Gasteiger partial charge on any atom is 0.163 e. The largest absolute Gasteiger partial charge is 0.324 e. The average Bonchev–Trinajstić information content (AvgIpc) is 2.41. The van der Waals surface area contributed by atoms with E-state index >= 15 is 0 Å². The van der Waals surface area contributed by atoms with Crippen LogP contribution in [0.1, 0.15) is 18.0 Å². The van der Waals surface area contributed by atoms with Crippen LogP contribution in [-0.4, -0.2) is 40.2 Å². The van der Waals surface area contributed by atoms with E-state index < -0.39 is 28.5 Å². The fourth-order valence-corrected chi connectivity index (χ4v) is 3.31. The average molecular weight is 288 g/mol. The van der Waals surface area contributed by atoms with Crippen molar-refractivity contribution >= 4 is 10.8 Å². The van der Waals surface area contributed by atoms with Crippen LogP contribution in [0, 0.1) is 11.6 Å². The second kappa shape index (κ2) is 6.54. The minimum atomic E-state index is -0.860. The second-order valence-electron chi connectivity index (χ2n) is 4.73. The van der Waals surface area contributed by atoms with Crippen LogP contribution in [0.25, 0.3) is 0 Å². The lowest BCUT2D eigenvalue weighted by Crippen LogP contribution is -2.39. The van der Waals surface area contributed by atoms with Gasteiger partial charge in [-0.15, -0.1) is 0 Å². The molecule has 1 fully saturated rings. The molecule has 1 aromatic carbocycles. The van der Waals surface area contributed by atoms with Crippen LogP contribution in [0.5, 0.6) is 0 Å². The highest BCUT2D eigenvalue weighted by Crippen LogP contribution is 2.20. The van der Waals surface area contributed by atoms with Gasteiger partial charge in [-0.25, -0.2) is 8.78 Å². The van der Waals surface area contributed by atoms with Crippen LogP contribution in [-0.2, 0) is 10.8 Å². The lowest BCUT2D eigenvalue weighted by molar-refractivity contribution is 0.285. The van der Waals surface area contributed by atoms with E-state index in [1.165, 1.54) is 12.1 Å². The molecule has 1 atom stereocenters. The number of hydrogen-bond acceptors (Lipinski definition) is 3. The predicted octanol–water partition coefficient (Wildman–Crippen LogP) is 1.42. The molecule has 1 unspecified atom stereocenters. The third-order valence-corrected chi connectivity index (χ3v) is 4.68. The summed E-state index contributed by atoms with van der Waals surface area (Å²) < 4.78 is 37.9. The number of halogens is 2. The standard InChI is InChI=1S/C13H18F2N2OS/c14-11-3-1-2-10(13(11)15)12(16)4-5-17-6-8-19(18)9-7-17/h1-3,12H,4-9,16H2. The molecule has 0 bridgehead atoms. The van der Waals surface area contributed by atoms with Crippen molar-refractivity contribution in [2.24, 2.45) is 5.73 Å². The summed E-state index contributed by atoms with van der Waals surface area (Å²) in [7, 11) is -0.700. The summed E-state index contributed by atoms with van der Waals surface area (Å²) in [4.78, 5) is 2.17. The van der Waals surface area contributed by atoms with Gasteiger partial charge in [0.1, 0.15) is 0 Å². The molecule has 19 heavy (non-hydrogen) atoms. The first kappa shape index (κ1) is 14.6. The number of hydrogen-bond donors (Lipinski definition) is 1. The normalized spacial score (nSPS) is 19.5. The maximum absolute atomic E-state index is 13.6. The Hall–Kier alpha value is -0.850. The Labute approximate surface area is 114 Å². The molecule has 1 aliphatic rings. The topological polar surface area (TPSA) is 46.3 Å². The van der Waals surface area contributed by atoms with Crippen molar-refractivity contribution in [2.75, 3.05) is 31.1 Å². The lowest BCUT2D eigenvalue weighted by atomic mass is 10.0. The van der Waals surface area contributed by atoms with Crippen LogP contribution in [0.4, 0.5) is 8.78 Å². The molecule has 1 aromatic rings. The smallest absolute Gasteiger partial charge is 0.163 e. The fraction of sp³-hybridized carbons (Fsp3) is 0.538. The minimum absolute atomic E-state index is 0.223. The van der Waals surface area contributed by atoms with Gasteiger partial charge in [-0.1, -0.05) is 12.1 Å². The number of rotatable bonds is 4. The Morgan fingerprint density at radius 1 is 1.32 bits per heavy atom. The summed E-state index contributed by atoms with van der Waals surface area (Å²) >= 11 is 0. The van der Waals surface area contributed by atoms with E-state index in [2.05, 4.69) is 4.90 Å². The zero-order chi connectivity index (χ0) is 13.8. The molecule has 106 valence electrons.